The van der Waals surface area contributed by atoms with Crippen LogP contribution < -0.4 is 0 Å². The molecular weight excluding hydrogens is 262 g/mol. The molecule has 1 aliphatic rings. The SMILES string of the molecule is CCC(C)(C)O.CCCC(CC)N(C=O)C1CCCCC1. The van der Waals surface area contributed by atoms with Gasteiger partial charge < -0.3 is 10.0 Å². The highest BCUT2D eigenvalue weighted by Gasteiger charge is 2.24. The molecule has 0 aromatic rings. The van der Waals surface area contributed by atoms with Gasteiger partial charge in [-0.3, -0.25) is 4.79 Å². The Kier molecular flexibility index (Phi) is 10.8. The van der Waals surface area contributed by atoms with Gasteiger partial charge in [-0.25, -0.2) is 0 Å². The summed E-state index contributed by atoms with van der Waals surface area (Å²) in [6.07, 6.45) is 11.8. The largest absolute Gasteiger partial charge is 0.390 e. The van der Waals surface area contributed by atoms with Crippen LogP contribution in [0.4, 0.5) is 0 Å². The maximum Gasteiger partial charge on any atom is 0.210 e. The quantitative estimate of drug-likeness (QED) is 0.702. The van der Waals surface area contributed by atoms with Gasteiger partial charge in [-0.1, -0.05) is 46.5 Å². The van der Waals surface area contributed by atoms with Gasteiger partial charge in [0.25, 0.3) is 0 Å². The average molecular weight is 299 g/mol. The Morgan fingerprint density at radius 2 is 1.71 bits per heavy atom. The van der Waals surface area contributed by atoms with Crippen LogP contribution >= 0.6 is 0 Å². The van der Waals surface area contributed by atoms with Gasteiger partial charge >= 0.3 is 0 Å². The van der Waals surface area contributed by atoms with Crippen LogP contribution in [0.2, 0.25) is 0 Å². The molecule has 1 amide bonds. The smallest absolute Gasteiger partial charge is 0.210 e. The van der Waals surface area contributed by atoms with Gasteiger partial charge in [0.1, 0.15) is 0 Å². The van der Waals surface area contributed by atoms with E-state index in [4.69, 9.17) is 5.11 Å². The third-order valence-corrected chi connectivity index (χ3v) is 4.50. The number of hydrogen-bond acceptors (Lipinski definition) is 2. The number of rotatable bonds is 7. The fraction of sp³-hybridized carbons (Fsp3) is 0.944. The number of hydrogen-bond donors (Lipinski definition) is 1. The highest BCUT2D eigenvalue weighted by atomic mass is 16.3. The number of nitrogens with zero attached hydrogens (tertiary/aromatic N) is 1. The first-order valence-corrected chi connectivity index (χ1v) is 8.84. The standard InChI is InChI=1S/C13H25NO.C5H12O/c1-3-8-12(4-2)14(11-15)13-9-6-5-7-10-13;1-4-5(2,3)6/h11-13H,3-10H2,1-2H3;6H,4H2,1-3H3. The third-order valence-electron chi connectivity index (χ3n) is 4.50. The number of aliphatic hydroxyl groups is 1. The fourth-order valence-electron chi connectivity index (χ4n) is 2.75. The summed E-state index contributed by atoms with van der Waals surface area (Å²) in [7, 11) is 0. The summed E-state index contributed by atoms with van der Waals surface area (Å²) in [6, 6.07) is 1.02. The molecule has 0 aromatic heterocycles. The van der Waals surface area contributed by atoms with Gasteiger partial charge in [-0.2, -0.15) is 0 Å². The van der Waals surface area contributed by atoms with Crippen molar-refractivity contribution in [3.05, 3.63) is 0 Å². The van der Waals surface area contributed by atoms with E-state index in [1.807, 2.05) is 6.92 Å². The van der Waals surface area contributed by atoms with Crippen LogP contribution in [0.1, 0.15) is 92.4 Å². The molecule has 1 atom stereocenters. The molecule has 1 N–H and O–H groups in total. The Morgan fingerprint density at radius 3 is 2.05 bits per heavy atom. The Bertz CT molecular complexity index is 250. The molecule has 0 heterocycles. The van der Waals surface area contributed by atoms with E-state index in [-0.39, 0.29) is 0 Å². The van der Waals surface area contributed by atoms with E-state index >= 15 is 0 Å². The zero-order chi connectivity index (χ0) is 16.3. The van der Waals surface area contributed by atoms with E-state index in [0.717, 1.165) is 25.7 Å². The first kappa shape index (κ1) is 20.4. The van der Waals surface area contributed by atoms with Crippen LogP contribution in [0.15, 0.2) is 0 Å². The second kappa shape index (κ2) is 11.1. The molecule has 1 rings (SSSR count). The molecule has 0 spiro atoms. The van der Waals surface area contributed by atoms with Crippen molar-refractivity contribution >= 4 is 6.41 Å². The molecule has 126 valence electrons. The predicted molar refractivity (Wildman–Crippen MR) is 90.4 cm³/mol. The molecule has 1 aliphatic carbocycles. The predicted octanol–water partition coefficient (Wildman–Crippen LogP) is 4.52. The van der Waals surface area contributed by atoms with E-state index in [0.29, 0.717) is 12.1 Å². The molecule has 0 aromatic carbocycles. The fourth-order valence-corrected chi connectivity index (χ4v) is 2.75. The Morgan fingerprint density at radius 1 is 1.19 bits per heavy atom. The van der Waals surface area contributed by atoms with Gasteiger partial charge in [0.05, 0.1) is 5.60 Å². The van der Waals surface area contributed by atoms with Gasteiger partial charge in [0.2, 0.25) is 6.41 Å². The van der Waals surface area contributed by atoms with Crippen molar-refractivity contribution in [3.63, 3.8) is 0 Å². The van der Waals surface area contributed by atoms with E-state index in [1.54, 1.807) is 13.8 Å². The number of carbonyl (C=O) groups is 1. The van der Waals surface area contributed by atoms with E-state index in [1.165, 1.54) is 38.5 Å². The number of carbonyl (C=O) groups excluding carboxylic acids is 1. The topological polar surface area (TPSA) is 40.5 Å². The summed E-state index contributed by atoms with van der Waals surface area (Å²) >= 11 is 0. The minimum atomic E-state index is -0.458. The van der Waals surface area contributed by atoms with Crippen molar-refractivity contribution in [2.75, 3.05) is 0 Å². The lowest BCUT2D eigenvalue weighted by Crippen LogP contribution is -2.43. The first-order valence-electron chi connectivity index (χ1n) is 8.84. The zero-order valence-corrected chi connectivity index (χ0v) is 14.9. The summed E-state index contributed by atoms with van der Waals surface area (Å²) in [6.45, 7) is 9.95. The maximum atomic E-state index is 11.2. The molecule has 0 radical (unpaired) electrons. The van der Waals surface area contributed by atoms with Gasteiger partial charge in [0, 0.05) is 12.1 Å². The van der Waals surface area contributed by atoms with Crippen molar-refractivity contribution in [3.8, 4) is 0 Å². The van der Waals surface area contributed by atoms with E-state index < -0.39 is 5.60 Å². The Balaban J connectivity index is 0.000000567. The van der Waals surface area contributed by atoms with Crippen molar-refractivity contribution in [2.24, 2.45) is 0 Å². The maximum absolute atomic E-state index is 11.2. The van der Waals surface area contributed by atoms with Crippen molar-refractivity contribution in [1.29, 1.82) is 0 Å². The molecule has 0 aliphatic heterocycles. The number of amides is 1. The Labute approximate surface area is 132 Å². The molecule has 0 bridgehead atoms. The van der Waals surface area contributed by atoms with Crippen molar-refractivity contribution < 1.29 is 9.90 Å². The first-order chi connectivity index (χ1) is 9.89. The average Bonchev–Trinajstić information content (AvgIpc) is 2.48. The minimum absolute atomic E-state index is 0.458. The van der Waals surface area contributed by atoms with Gasteiger partial charge in [-0.05, 0) is 46.0 Å². The van der Waals surface area contributed by atoms with Crippen molar-refractivity contribution in [2.45, 2.75) is 110 Å². The minimum Gasteiger partial charge on any atom is -0.390 e. The molecule has 1 fully saturated rings. The molecule has 1 unspecified atom stereocenters. The van der Waals surface area contributed by atoms with Crippen LogP contribution in [0.25, 0.3) is 0 Å². The summed E-state index contributed by atoms with van der Waals surface area (Å²) in [4.78, 5) is 13.3. The second-order valence-corrected chi connectivity index (χ2v) is 6.86. The summed E-state index contributed by atoms with van der Waals surface area (Å²) in [5.74, 6) is 0. The zero-order valence-electron chi connectivity index (χ0n) is 14.9. The van der Waals surface area contributed by atoms with E-state index in [2.05, 4.69) is 18.7 Å². The molecule has 3 heteroatoms. The highest BCUT2D eigenvalue weighted by Crippen LogP contribution is 2.25. The van der Waals surface area contributed by atoms with Crippen LogP contribution in [0.5, 0.6) is 0 Å². The van der Waals surface area contributed by atoms with Crippen molar-refractivity contribution in [1.82, 2.24) is 4.90 Å². The molecule has 3 nitrogen and oxygen atoms in total. The summed E-state index contributed by atoms with van der Waals surface area (Å²) in [5, 5.41) is 8.83. The summed E-state index contributed by atoms with van der Waals surface area (Å²) < 4.78 is 0. The Hall–Kier alpha value is -0.570. The lowest BCUT2D eigenvalue weighted by molar-refractivity contribution is -0.123. The lowest BCUT2D eigenvalue weighted by Gasteiger charge is -2.37. The normalized spacial score (nSPS) is 17.6. The van der Waals surface area contributed by atoms with Crippen LogP contribution in [0, 0.1) is 0 Å². The van der Waals surface area contributed by atoms with E-state index in [9.17, 15) is 4.79 Å². The molecule has 21 heavy (non-hydrogen) atoms. The van der Waals surface area contributed by atoms with Crippen LogP contribution in [-0.2, 0) is 4.79 Å². The molecule has 0 saturated heterocycles. The van der Waals surface area contributed by atoms with Crippen LogP contribution in [0.3, 0.4) is 0 Å². The summed E-state index contributed by atoms with van der Waals surface area (Å²) in [5.41, 5.74) is -0.458. The monoisotopic (exact) mass is 299 g/mol. The van der Waals surface area contributed by atoms with Gasteiger partial charge in [-0.15, -0.1) is 0 Å². The van der Waals surface area contributed by atoms with Crippen LogP contribution in [-0.4, -0.2) is 34.1 Å². The highest BCUT2D eigenvalue weighted by molar-refractivity contribution is 5.48. The third kappa shape index (κ3) is 9.13. The van der Waals surface area contributed by atoms with Gasteiger partial charge in [0.15, 0.2) is 0 Å². The molecule has 1 saturated carbocycles. The second-order valence-electron chi connectivity index (χ2n) is 6.86. The molecular formula is C18H37NO2. The lowest BCUT2D eigenvalue weighted by atomic mass is 9.92.